The molecule has 84 valence electrons. The van der Waals surface area contributed by atoms with Crippen molar-refractivity contribution in [3.8, 4) is 0 Å². The van der Waals surface area contributed by atoms with E-state index in [1.54, 1.807) is 18.5 Å². The van der Waals surface area contributed by atoms with Gasteiger partial charge in [-0.25, -0.2) is 9.78 Å². The minimum absolute atomic E-state index is 0.566. The van der Waals surface area contributed by atoms with Crippen molar-refractivity contribution < 1.29 is 9.90 Å². The topological polar surface area (TPSA) is 67.2 Å². The average Bonchev–Trinajstić information content (AvgIpc) is 2.66. The normalized spacial score (nSPS) is 12.6. The molecule has 1 unspecified atom stereocenters. The Morgan fingerprint density at radius 2 is 2.19 bits per heavy atom. The molecule has 1 heterocycles. The number of aliphatic carboxylic acids is 1. The van der Waals surface area contributed by atoms with Crippen LogP contribution in [0.3, 0.4) is 0 Å². The highest BCUT2D eigenvalue weighted by molar-refractivity contribution is 5.82. The summed E-state index contributed by atoms with van der Waals surface area (Å²) in [4.78, 5) is 15.4. The minimum atomic E-state index is -0.875. The summed E-state index contributed by atoms with van der Waals surface area (Å²) in [6, 6.07) is 6.83. The van der Waals surface area contributed by atoms with Gasteiger partial charge in [0.2, 0.25) is 5.95 Å². The van der Waals surface area contributed by atoms with Gasteiger partial charge in [-0.2, -0.15) is 0 Å². The molecule has 5 nitrogen and oxygen atoms in total. The zero-order chi connectivity index (χ0) is 11.7. The molecule has 0 saturated carbocycles. The van der Waals surface area contributed by atoms with Crippen molar-refractivity contribution in [1.82, 2.24) is 9.55 Å². The first-order valence-electron chi connectivity index (χ1n) is 5.02. The Hall–Kier alpha value is -2.04. The Labute approximate surface area is 92.7 Å². The molecular weight excluding hydrogens is 206 g/mol. The van der Waals surface area contributed by atoms with E-state index in [1.165, 1.54) is 0 Å². The van der Waals surface area contributed by atoms with Crippen LogP contribution in [0.1, 0.15) is 13.0 Å². The summed E-state index contributed by atoms with van der Waals surface area (Å²) in [6.07, 6.45) is 0. The van der Waals surface area contributed by atoms with E-state index in [0.29, 0.717) is 5.95 Å². The smallest absolute Gasteiger partial charge is 0.326 e. The molecule has 0 bridgehead atoms. The summed E-state index contributed by atoms with van der Waals surface area (Å²) < 4.78 is 1.68. The van der Waals surface area contributed by atoms with Crippen molar-refractivity contribution in [3.63, 3.8) is 0 Å². The Morgan fingerprint density at radius 1 is 1.50 bits per heavy atom. The Bertz CT molecular complexity index is 533. The summed E-state index contributed by atoms with van der Waals surface area (Å²) in [7, 11) is 1.73. The fourth-order valence-electron chi connectivity index (χ4n) is 1.72. The van der Waals surface area contributed by atoms with Gasteiger partial charge in [-0.3, -0.25) is 4.57 Å². The zero-order valence-corrected chi connectivity index (χ0v) is 9.14. The number of carboxylic acid groups (broad SMARTS) is 1. The number of rotatable bonds is 3. The molecule has 2 N–H and O–H groups in total. The largest absolute Gasteiger partial charge is 0.480 e. The van der Waals surface area contributed by atoms with Crippen LogP contribution in [-0.4, -0.2) is 27.7 Å². The molecule has 2 aromatic rings. The van der Waals surface area contributed by atoms with Gasteiger partial charge in [-0.05, 0) is 19.1 Å². The number of hydrogen-bond acceptors (Lipinski definition) is 3. The van der Waals surface area contributed by atoms with Crippen LogP contribution in [0.2, 0.25) is 0 Å². The molecule has 5 heteroatoms. The predicted molar refractivity (Wildman–Crippen MR) is 61.6 cm³/mol. The Kier molecular flexibility index (Phi) is 2.52. The standard InChI is InChI=1S/C11H13N3O2/c1-7(10(15)16)14-9-6-4-3-5-8(9)13-11(14)12-2/h3-7H,1-2H3,(H,12,13)(H,15,16). The van der Waals surface area contributed by atoms with Crippen molar-refractivity contribution in [3.05, 3.63) is 24.3 Å². The third-order valence-electron chi connectivity index (χ3n) is 2.56. The molecule has 0 aliphatic rings. The maximum Gasteiger partial charge on any atom is 0.326 e. The number of para-hydroxylation sites is 2. The van der Waals surface area contributed by atoms with Crippen molar-refractivity contribution in [2.45, 2.75) is 13.0 Å². The number of anilines is 1. The van der Waals surface area contributed by atoms with E-state index in [0.717, 1.165) is 11.0 Å². The second kappa shape index (κ2) is 3.84. The lowest BCUT2D eigenvalue weighted by Gasteiger charge is -2.12. The van der Waals surface area contributed by atoms with Gasteiger partial charge in [0.25, 0.3) is 0 Å². The van der Waals surface area contributed by atoms with Crippen LogP contribution in [0.5, 0.6) is 0 Å². The van der Waals surface area contributed by atoms with Gasteiger partial charge in [-0.1, -0.05) is 12.1 Å². The number of carbonyl (C=O) groups is 1. The molecule has 2 rings (SSSR count). The highest BCUT2D eigenvalue weighted by atomic mass is 16.4. The van der Waals surface area contributed by atoms with Crippen molar-refractivity contribution in [2.24, 2.45) is 0 Å². The number of aromatic nitrogens is 2. The Balaban J connectivity index is 2.69. The van der Waals surface area contributed by atoms with Gasteiger partial charge in [0.1, 0.15) is 6.04 Å². The predicted octanol–water partition coefficient (Wildman–Crippen LogP) is 1.72. The van der Waals surface area contributed by atoms with Crippen molar-refractivity contribution in [1.29, 1.82) is 0 Å². The van der Waals surface area contributed by atoms with E-state index in [-0.39, 0.29) is 0 Å². The van der Waals surface area contributed by atoms with Gasteiger partial charge >= 0.3 is 5.97 Å². The third-order valence-corrected chi connectivity index (χ3v) is 2.56. The highest BCUT2D eigenvalue weighted by Gasteiger charge is 2.19. The fraction of sp³-hybridized carbons (Fsp3) is 0.273. The molecule has 1 aromatic carbocycles. The summed E-state index contributed by atoms with van der Waals surface area (Å²) in [6.45, 7) is 1.64. The van der Waals surface area contributed by atoms with Crippen LogP contribution in [0.15, 0.2) is 24.3 Å². The lowest BCUT2D eigenvalue weighted by atomic mass is 10.3. The molecule has 1 aromatic heterocycles. The molecule has 0 fully saturated rings. The van der Waals surface area contributed by atoms with E-state index in [2.05, 4.69) is 10.3 Å². The van der Waals surface area contributed by atoms with Crippen LogP contribution in [0.4, 0.5) is 5.95 Å². The summed E-state index contributed by atoms with van der Waals surface area (Å²) in [5, 5.41) is 12.0. The van der Waals surface area contributed by atoms with E-state index >= 15 is 0 Å². The molecule has 0 amide bonds. The molecular formula is C11H13N3O2. The van der Waals surface area contributed by atoms with Crippen LogP contribution in [0.25, 0.3) is 11.0 Å². The van der Waals surface area contributed by atoms with Gasteiger partial charge in [0, 0.05) is 7.05 Å². The SMILES string of the molecule is CNc1nc2ccccc2n1C(C)C(=O)O. The first-order valence-corrected chi connectivity index (χ1v) is 5.02. The summed E-state index contributed by atoms with van der Waals surface area (Å²) in [5.41, 5.74) is 1.61. The number of benzene rings is 1. The van der Waals surface area contributed by atoms with Crippen LogP contribution < -0.4 is 5.32 Å². The maximum atomic E-state index is 11.0. The average molecular weight is 219 g/mol. The van der Waals surface area contributed by atoms with Gasteiger partial charge in [0.05, 0.1) is 11.0 Å². The fourth-order valence-corrected chi connectivity index (χ4v) is 1.72. The second-order valence-corrected chi connectivity index (χ2v) is 3.56. The second-order valence-electron chi connectivity index (χ2n) is 3.56. The van der Waals surface area contributed by atoms with E-state index < -0.39 is 12.0 Å². The first-order chi connectivity index (χ1) is 7.65. The summed E-state index contributed by atoms with van der Waals surface area (Å²) in [5.74, 6) is -0.309. The Morgan fingerprint density at radius 3 is 2.81 bits per heavy atom. The van der Waals surface area contributed by atoms with E-state index in [1.807, 2.05) is 24.3 Å². The molecule has 0 spiro atoms. The lowest BCUT2D eigenvalue weighted by Crippen LogP contribution is -2.17. The monoisotopic (exact) mass is 219 g/mol. The number of imidazole rings is 1. The van der Waals surface area contributed by atoms with Crippen LogP contribution in [0, 0.1) is 0 Å². The van der Waals surface area contributed by atoms with Gasteiger partial charge in [-0.15, -0.1) is 0 Å². The molecule has 1 atom stereocenters. The number of nitrogens with one attached hydrogen (secondary N) is 1. The van der Waals surface area contributed by atoms with E-state index in [4.69, 9.17) is 5.11 Å². The van der Waals surface area contributed by atoms with Crippen molar-refractivity contribution in [2.75, 3.05) is 12.4 Å². The lowest BCUT2D eigenvalue weighted by molar-refractivity contribution is -0.140. The third kappa shape index (κ3) is 1.50. The van der Waals surface area contributed by atoms with E-state index in [9.17, 15) is 4.79 Å². The minimum Gasteiger partial charge on any atom is -0.480 e. The van der Waals surface area contributed by atoms with Crippen molar-refractivity contribution >= 4 is 23.0 Å². The molecule has 16 heavy (non-hydrogen) atoms. The number of nitrogens with zero attached hydrogens (tertiary/aromatic N) is 2. The van der Waals surface area contributed by atoms with Crippen LogP contribution >= 0.6 is 0 Å². The molecule has 0 radical (unpaired) electrons. The number of carboxylic acids is 1. The van der Waals surface area contributed by atoms with Crippen LogP contribution in [-0.2, 0) is 4.79 Å². The van der Waals surface area contributed by atoms with Gasteiger partial charge in [0.15, 0.2) is 0 Å². The quantitative estimate of drug-likeness (QED) is 0.824. The molecule has 0 aliphatic heterocycles. The first kappa shape index (κ1) is 10.5. The number of hydrogen-bond donors (Lipinski definition) is 2. The number of fused-ring (bicyclic) bond motifs is 1. The summed E-state index contributed by atoms with van der Waals surface area (Å²) >= 11 is 0. The van der Waals surface area contributed by atoms with Gasteiger partial charge < -0.3 is 10.4 Å². The molecule has 0 aliphatic carbocycles. The molecule has 0 saturated heterocycles. The maximum absolute atomic E-state index is 11.0. The highest BCUT2D eigenvalue weighted by Crippen LogP contribution is 2.23. The zero-order valence-electron chi connectivity index (χ0n) is 9.14.